The molecular formula is C25H29N5O2. The molecule has 1 saturated heterocycles. The molecule has 1 unspecified atom stereocenters. The summed E-state index contributed by atoms with van der Waals surface area (Å²) in [7, 11) is 0. The third kappa shape index (κ3) is 4.15. The zero-order valence-corrected chi connectivity index (χ0v) is 18.8. The summed E-state index contributed by atoms with van der Waals surface area (Å²) in [5, 5.41) is 7.18. The number of H-pyrrole nitrogens is 1. The van der Waals surface area contributed by atoms with Crippen LogP contribution in [0.25, 0.3) is 11.1 Å². The van der Waals surface area contributed by atoms with Crippen LogP contribution in [-0.2, 0) is 16.6 Å². The van der Waals surface area contributed by atoms with E-state index in [4.69, 9.17) is 5.73 Å². The molecule has 1 aromatic carbocycles. The highest BCUT2D eigenvalue weighted by atomic mass is 16.2. The molecule has 7 nitrogen and oxygen atoms in total. The Morgan fingerprint density at radius 2 is 1.88 bits per heavy atom. The van der Waals surface area contributed by atoms with Crippen molar-refractivity contribution in [1.82, 2.24) is 20.1 Å². The lowest BCUT2D eigenvalue weighted by Gasteiger charge is -2.27. The van der Waals surface area contributed by atoms with Crippen LogP contribution in [0, 0.1) is 5.41 Å². The van der Waals surface area contributed by atoms with Gasteiger partial charge in [0.15, 0.2) is 0 Å². The molecule has 0 spiro atoms. The van der Waals surface area contributed by atoms with E-state index in [0.717, 1.165) is 22.4 Å². The van der Waals surface area contributed by atoms with Crippen molar-refractivity contribution in [2.45, 2.75) is 39.0 Å². The number of likely N-dealkylation sites (tertiary alicyclic amines) is 1. The molecule has 0 aliphatic carbocycles. The maximum Gasteiger partial charge on any atom is 0.274 e. The minimum Gasteiger partial charge on any atom is -0.369 e. The molecule has 1 aliphatic heterocycles. The number of aromatic amines is 1. The summed E-state index contributed by atoms with van der Waals surface area (Å²) in [6.07, 6.45) is 4.50. The van der Waals surface area contributed by atoms with Crippen LogP contribution in [0.15, 0.2) is 54.9 Å². The fourth-order valence-corrected chi connectivity index (χ4v) is 4.31. The number of nitrogens with zero attached hydrogens (tertiary/aromatic N) is 3. The number of nitrogens with two attached hydrogens (primary N) is 1. The van der Waals surface area contributed by atoms with Gasteiger partial charge >= 0.3 is 0 Å². The Labute approximate surface area is 188 Å². The fraction of sp³-hybridized carbons (Fsp3) is 0.360. The molecule has 3 aromatic rings. The van der Waals surface area contributed by atoms with E-state index >= 15 is 0 Å². The molecule has 1 atom stereocenters. The molecule has 2 aromatic heterocycles. The van der Waals surface area contributed by atoms with Gasteiger partial charge in [-0.2, -0.15) is 5.10 Å². The number of hydrogen-bond donors (Lipinski definition) is 2. The minimum absolute atomic E-state index is 0.135. The van der Waals surface area contributed by atoms with Gasteiger partial charge in [-0.3, -0.25) is 19.7 Å². The van der Waals surface area contributed by atoms with Gasteiger partial charge in [0.1, 0.15) is 5.69 Å². The van der Waals surface area contributed by atoms with Crippen molar-refractivity contribution < 1.29 is 9.59 Å². The standard InChI is InChI=1S/C25H29N5O2/c1-24(2,3)21-14-20(28-29-21)22(31)30-13-10-25(16-30,23(26)32)15-18-6-4-5-7-19(18)17-8-11-27-12-9-17/h4-9,11-12,14H,10,13,15-16H2,1-3H3,(H2,26,32)(H,28,29). The summed E-state index contributed by atoms with van der Waals surface area (Å²) in [6, 6.07) is 13.7. The number of amides is 2. The Morgan fingerprint density at radius 1 is 1.16 bits per heavy atom. The zero-order valence-electron chi connectivity index (χ0n) is 18.8. The summed E-state index contributed by atoms with van der Waals surface area (Å²) in [4.78, 5) is 31.6. The van der Waals surface area contributed by atoms with E-state index < -0.39 is 5.41 Å². The maximum atomic E-state index is 13.1. The van der Waals surface area contributed by atoms with E-state index in [0.29, 0.717) is 25.1 Å². The van der Waals surface area contributed by atoms with Crippen molar-refractivity contribution in [3.05, 3.63) is 71.8 Å². The van der Waals surface area contributed by atoms with E-state index in [1.807, 2.05) is 36.4 Å². The van der Waals surface area contributed by atoms with Crippen LogP contribution in [-0.4, -0.2) is 45.0 Å². The number of benzene rings is 1. The Kier molecular flexibility index (Phi) is 5.59. The Morgan fingerprint density at radius 3 is 2.53 bits per heavy atom. The number of pyridine rings is 1. The molecule has 1 aliphatic rings. The number of carbonyl (C=O) groups is 2. The van der Waals surface area contributed by atoms with Crippen molar-refractivity contribution >= 4 is 11.8 Å². The number of aromatic nitrogens is 3. The summed E-state index contributed by atoms with van der Waals surface area (Å²) in [6.45, 7) is 6.93. The molecule has 7 heteroatoms. The monoisotopic (exact) mass is 431 g/mol. The first kappa shape index (κ1) is 21.7. The molecule has 166 valence electrons. The predicted molar refractivity (Wildman–Crippen MR) is 123 cm³/mol. The van der Waals surface area contributed by atoms with Crippen LogP contribution in [0.5, 0.6) is 0 Å². The SMILES string of the molecule is CC(C)(C)c1cc(C(=O)N2CCC(Cc3ccccc3-c3ccncc3)(C(N)=O)C2)n[nH]1. The van der Waals surface area contributed by atoms with Crippen molar-refractivity contribution in [3.63, 3.8) is 0 Å². The van der Waals surface area contributed by atoms with E-state index in [1.165, 1.54) is 0 Å². The highest BCUT2D eigenvalue weighted by molar-refractivity contribution is 5.94. The lowest BCUT2D eigenvalue weighted by atomic mass is 9.78. The van der Waals surface area contributed by atoms with E-state index in [9.17, 15) is 9.59 Å². The normalized spacial score (nSPS) is 18.7. The molecule has 4 rings (SSSR count). The average molecular weight is 432 g/mol. The lowest BCUT2D eigenvalue weighted by Crippen LogP contribution is -2.42. The van der Waals surface area contributed by atoms with Gasteiger partial charge in [0.2, 0.25) is 5.91 Å². The van der Waals surface area contributed by atoms with Gasteiger partial charge in [-0.25, -0.2) is 0 Å². The quantitative estimate of drug-likeness (QED) is 0.646. The van der Waals surface area contributed by atoms with Crippen LogP contribution in [0.2, 0.25) is 0 Å². The van der Waals surface area contributed by atoms with Crippen LogP contribution >= 0.6 is 0 Å². The van der Waals surface area contributed by atoms with Crippen LogP contribution in [0.1, 0.15) is 48.9 Å². The van der Waals surface area contributed by atoms with Gasteiger partial charge in [-0.15, -0.1) is 0 Å². The van der Waals surface area contributed by atoms with E-state index in [1.54, 1.807) is 23.4 Å². The van der Waals surface area contributed by atoms with Crippen LogP contribution in [0.4, 0.5) is 0 Å². The first-order valence-corrected chi connectivity index (χ1v) is 10.8. The molecule has 0 saturated carbocycles. The largest absolute Gasteiger partial charge is 0.369 e. The number of nitrogens with one attached hydrogen (secondary N) is 1. The highest BCUT2D eigenvalue weighted by Gasteiger charge is 2.45. The molecule has 2 amide bonds. The van der Waals surface area contributed by atoms with Crippen LogP contribution < -0.4 is 5.73 Å². The second-order valence-electron chi connectivity index (χ2n) is 9.61. The molecule has 32 heavy (non-hydrogen) atoms. The van der Waals surface area contributed by atoms with Gasteiger partial charge in [0, 0.05) is 36.6 Å². The average Bonchev–Trinajstić information content (AvgIpc) is 3.43. The summed E-state index contributed by atoms with van der Waals surface area (Å²) in [5.74, 6) is -0.558. The molecule has 3 N–H and O–H groups in total. The molecule has 0 bridgehead atoms. The van der Waals surface area contributed by atoms with Crippen molar-refractivity contribution in [3.8, 4) is 11.1 Å². The topological polar surface area (TPSA) is 105 Å². The number of hydrogen-bond acceptors (Lipinski definition) is 4. The first-order chi connectivity index (χ1) is 15.2. The minimum atomic E-state index is -0.818. The van der Waals surface area contributed by atoms with Crippen molar-refractivity contribution in [2.75, 3.05) is 13.1 Å². The number of rotatable bonds is 5. The van der Waals surface area contributed by atoms with Gasteiger partial charge in [-0.05, 0) is 47.7 Å². The van der Waals surface area contributed by atoms with E-state index in [-0.39, 0.29) is 23.8 Å². The fourth-order valence-electron chi connectivity index (χ4n) is 4.31. The third-order valence-electron chi connectivity index (χ3n) is 6.31. The maximum absolute atomic E-state index is 13.1. The Balaban J connectivity index is 1.59. The Hall–Kier alpha value is -3.48. The molecular weight excluding hydrogens is 402 g/mol. The molecule has 0 radical (unpaired) electrons. The van der Waals surface area contributed by atoms with Crippen molar-refractivity contribution in [2.24, 2.45) is 11.1 Å². The third-order valence-corrected chi connectivity index (χ3v) is 6.31. The second kappa shape index (κ2) is 8.22. The highest BCUT2D eigenvalue weighted by Crippen LogP contribution is 2.37. The molecule has 1 fully saturated rings. The van der Waals surface area contributed by atoms with Gasteiger partial charge < -0.3 is 10.6 Å². The van der Waals surface area contributed by atoms with Gasteiger partial charge in [0.05, 0.1) is 5.41 Å². The summed E-state index contributed by atoms with van der Waals surface area (Å²) < 4.78 is 0. The number of primary amides is 1. The van der Waals surface area contributed by atoms with E-state index in [2.05, 4.69) is 36.0 Å². The van der Waals surface area contributed by atoms with Gasteiger partial charge in [0.25, 0.3) is 5.91 Å². The van der Waals surface area contributed by atoms with Crippen LogP contribution in [0.3, 0.4) is 0 Å². The zero-order chi connectivity index (χ0) is 22.9. The second-order valence-corrected chi connectivity index (χ2v) is 9.61. The smallest absolute Gasteiger partial charge is 0.274 e. The number of carbonyl (C=O) groups excluding carboxylic acids is 2. The lowest BCUT2D eigenvalue weighted by molar-refractivity contribution is -0.126. The predicted octanol–water partition coefficient (Wildman–Crippen LogP) is 3.33. The first-order valence-electron chi connectivity index (χ1n) is 10.8. The summed E-state index contributed by atoms with van der Waals surface area (Å²) >= 11 is 0. The molecule has 3 heterocycles. The van der Waals surface area contributed by atoms with Crippen molar-refractivity contribution in [1.29, 1.82) is 0 Å². The Bertz CT molecular complexity index is 1130. The summed E-state index contributed by atoms with van der Waals surface area (Å²) in [5.41, 5.74) is 9.34. The van der Waals surface area contributed by atoms with Gasteiger partial charge in [-0.1, -0.05) is 45.0 Å².